The van der Waals surface area contributed by atoms with Crippen LogP contribution in [0.1, 0.15) is 44.1 Å². The molecule has 3 N–H and O–H groups in total. The van der Waals surface area contributed by atoms with Gasteiger partial charge < -0.3 is 11.1 Å². The van der Waals surface area contributed by atoms with Crippen molar-refractivity contribution in [1.29, 1.82) is 0 Å². The minimum atomic E-state index is 0. The van der Waals surface area contributed by atoms with E-state index < -0.39 is 0 Å². The molecule has 148 valence electrons. The quantitative estimate of drug-likeness (QED) is 0.794. The summed E-state index contributed by atoms with van der Waals surface area (Å²) < 4.78 is 0. The molecule has 1 saturated heterocycles. The SMILES string of the molecule is Cl.Cl.NC1CCCC(C(=O)NCC2CCN(Cc3ccccc3)CC2)C1. The van der Waals surface area contributed by atoms with Gasteiger partial charge in [-0.15, -0.1) is 24.8 Å². The number of carbonyl (C=O) groups excluding carboxylic acids is 1. The molecule has 0 bridgehead atoms. The summed E-state index contributed by atoms with van der Waals surface area (Å²) in [5.74, 6) is 1.00. The molecule has 26 heavy (non-hydrogen) atoms. The van der Waals surface area contributed by atoms with Gasteiger partial charge in [-0.3, -0.25) is 9.69 Å². The molecule has 6 heteroatoms. The monoisotopic (exact) mass is 401 g/mol. The summed E-state index contributed by atoms with van der Waals surface area (Å²) >= 11 is 0. The summed E-state index contributed by atoms with van der Waals surface area (Å²) in [6.45, 7) is 4.14. The average molecular weight is 402 g/mol. The molecule has 4 nitrogen and oxygen atoms in total. The topological polar surface area (TPSA) is 58.4 Å². The Hall–Kier alpha value is -0.810. The summed E-state index contributed by atoms with van der Waals surface area (Å²) in [6.07, 6.45) is 6.39. The van der Waals surface area contributed by atoms with Crippen molar-refractivity contribution in [3.63, 3.8) is 0 Å². The molecule has 2 unspecified atom stereocenters. The molecule has 2 fully saturated rings. The van der Waals surface area contributed by atoms with Gasteiger partial charge in [-0.2, -0.15) is 0 Å². The van der Waals surface area contributed by atoms with Crippen molar-refractivity contribution >= 4 is 30.7 Å². The standard InChI is InChI=1S/C20H31N3O.2ClH/c21-19-8-4-7-18(13-19)20(24)22-14-16-9-11-23(12-10-16)15-17-5-2-1-3-6-17;;/h1-3,5-6,16,18-19H,4,7-15,21H2,(H,22,24);2*1H. The van der Waals surface area contributed by atoms with E-state index in [2.05, 4.69) is 40.5 Å². The lowest BCUT2D eigenvalue weighted by Gasteiger charge is -2.32. The molecule has 0 aromatic heterocycles. The van der Waals surface area contributed by atoms with Crippen LogP contribution in [-0.4, -0.2) is 36.5 Å². The third-order valence-electron chi connectivity index (χ3n) is 5.61. The summed E-state index contributed by atoms with van der Waals surface area (Å²) in [5, 5.41) is 3.19. The second-order valence-corrected chi connectivity index (χ2v) is 7.57. The number of hydrogen-bond acceptors (Lipinski definition) is 3. The van der Waals surface area contributed by atoms with Crippen LogP contribution in [0, 0.1) is 11.8 Å². The zero-order valence-corrected chi connectivity index (χ0v) is 17.1. The van der Waals surface area contributed by atoms with Crippen molar-refractivity contribution < 1.29 is 4.79 Å². The fraction of sp³-hybridized carbons (Fsp3) is 0.650. The van der Waals surface area contributed by atoms with Gasteiger partial charge in [0.05, 0.1) is 0 Å². The smallest absolute Gasteiger partial charge is 0.223 e. The van der Waals surface area contributed by atoms with E-state index in [9.17, 15) is 4.79 Å². The lowest BCUT2D eigenvalue weighted by atomic mass is 9.85. The van der Waals surface area contributed by atoms with E-state index >= 15 is 0 Å². The van der Waals surface area contributed by atoms with E-state index in [-0.39, 0.29) is 42.7 Å². The first-order chi connectivity index (χ1) is 11.7. The van der Waals surface area contributed by atoms with Crippen LogP contribution in [0.4, 0.5) is 0 Å². The minimum absolute atomic E-state index is 0. The molecule has 1 heterocycles. The lowest BCUT2D eigenvalue weighted by molar-refractivity contribution is -0.126. The minimum Gasteiger partial charge on any atom is -0.356 e. The summed E-state index contributed by atoms with van der Waals surface area (Å²) in [7, 11) is 0. The predicted molar refractivity (Wildman–Crippen MR) is 112 cm³/mol. The van der Waals surface area contributed by atoms with Gasteiger partial charge in [0.15, 0.2) is 0 Å². The number of piperidine rings is 1. The highest BCUT2D eigenvalue weighted by atomic mass is 35.5. The van der Waals surface area contributed by atoms with E-state index in [1.807, 2.05) is 0 Å². The highest BCUT2D eigenvalue weighted by Crippen LogP contribution is 2.24. The number of nitrogens with two attached hydrogens (primary N) is 1. The van der Waals surface area contributed by atoms with Gasteiger partial charge in [0.1, 0.15) is 0 Å². The maximum atomic E-state index is 12.3. The van der Waals surface area contributed by atoms with Crippen molar-refractivity contribution in [3.05, 3.63) is 35.9 Å². The van der Waals surface area contributed by atoms with Crippen LogP contribution in [0.2, 0.25) is 0 Å². The maximum absolute atomic E-state index is 12.3. The third-order valence-corrected chi connectivity index (χ3v) is 5.61. The molecule has 1 aliphatic carbocycles. The summed E-state index contributed by atoms with van der Waals surface area (Å²) in [6, 6.07) is 10.9. The van der Waals surface area contributed by atoms with Gasteiger partial charge in [-0.1, -0.05) is 36.8 Å². The molecular formula is C20H33Cl2N3O. The lowest BCUT2D eigenvalue weighted by Crippen LogP contribution is -2.42. The largest absolute Gasteiger partial charge is 0.356 e. The van der Waals surface area contributed by atoms with E-state index in [4.69, 9.17) is 5.73 Å². The van der Waals surface area contributed by atoms with Crippen LogP contribution in [0.5, 0.6) is 0 Å². The van der Waals surface area contributed by atoms with Crippen LogP contribution < -0.4 is 11.1 Å². The van der Waals surface area contributed by atoms with Crippen LogP contribution in [0.3, 0.4) is 0 Å². The normalized spacial score (nSPS) is 24.2. The summed E-state index contributed by atoms with van der Waals surface area (Å²) in [4.78, 5) is 14.8. The maximum Gasteiger partial charge on any atom is 0.223 e. The Balaban J connectivity index is 0.00000169. The first-order valence-corrected chi connectivity index (χ1v) is 9.50. The van der Waals surface area contributed by atoms with Crippen molar-refractivity contribution in [2.45, 2.75) is 51.1 Å². The number of nitrogens with one attached hydrogen (secondary N) is 1. The zero-order valence-electron chi connectivity index (χ0n) is 15.4. The second-order valence-electron chi connectivity index (χ2n) is 7.57. The number of carbonyl (C=O) groups is 1. The molecule has 1 aliphatic heterocycles. The van der Waals surface area contributed by atoms with E-state index in [1.165, 1.54) is 18.4 Å². The molecule has 3 rings (SSSR count). The van der Waals surface area contributed by atoms with Gasteiger partial charge in [-0.25, -0.2) is 0 Å². The Morgan fingerprint density at radius 1 is 1.08 bits per heavy atom. The van der Waals surface area contributed by atoms with Gasteiger partial charge in [0.2, 0.25) is 5.91 Å². The first kappa shape index (κ1) is 23.2. The number of halogens is 2. The number of hydrogen-bond donors (Lipinski definition) is 2. The predicted octanol–water partition coefficient (Wildman–Crippen LogP) is 3.38. The molecule has 0 radical (unpaired) electrons. The third kappa shape index (κ3) is 7.07. The second kappa shape index (κ2) is 11.8. The van der Waals surface area contributed by atoms with E-state index in [0.717, 1.165) is 51.9 Å². The van der Waals surface area contributed by atoms with Gasteiger partial charge >= 0.3 is 0 Å². The van der Waals surface area contributed by atoms with Gasteiger partial charge in [0, 0.05) is 25.0 Å². The van der Waals surface area contributed by atoms with Crippen LogP contribution in [0.25, 0.3) is 0 Å². The molecule has 1 amide bonds. The Kier molecular flexibility index (Phi) is 10.6. The Morgan fingerprint density at radius 3 is 2.42 bits per heavy atom. The van der Waals surface area contributed by atoms with Gasteiger partial charge in [0.25, 0.3) is 0 Å². The molecular weight excluding hydrogens is 369 g/mol. The molecule has 1 saturated carbocycles. The Bertz CT molecular complexity index is 521. The first-order valence-electron chi connectivity index (χ1n) is 9.50. The van der Waals surface area contributed by atoms with Crippen molar-refractivity contribution in [2.75, 3.05) is 19.6 Å². The Morgan fingerprint density at radius 2 is 1.77 bits per heavy atom. The molecule has 1 aromatic carbocycles. The molecule has 1 aromatic rings. The highest BCUT2D eigenvalue weighted by molar-refractivity contribution is 5.85. The fourth-order valence-corrected chi connectivity index (χ4v) is 4.05. The number of rotatable bonds is 5. The number of benzene rings is 1. The fourth-order valence-electron chi connectivity index (χ4n) is 4.05. The number of amides is 1. The number of nitrogens with zero attached hydrogens (tertiary/aromatic N) is 1. The molecule has 2 aliphatic rings. The van der Waals surface area contributed by atoms with E-state index in [1.54, 1.807) is 0 Å². The van der Waals surface area contributed by atoms with Crippen molar-refractivity contribution in [3.8, 4) is 0 Å². The zero-order chi connectivity index (χ0) is 16.8. The van der Waals surface area contributed by atoms with Crippen molar-refractivity contribution in [1.82, 2.24) is 10.2 Å². The highest BCUT2D eigenvalue weighted by Gasteiger charge is 2.26. The number of likely N-dealkylation sites (tertiary alicyclic amines) is 1. The van der Waals surface area contributed by atoms with Crippen LogP contribution >= 0.6 is 24.8 Å². The van der Waals surface area contributed by atoms with Crippen LogP contribution in [-0.2, 0) is 11.3 Å². The van der Waals surface area contributed by atoms with E-state index in [0.29, 0.717) is 5.92 Å². The van der Waals surface area contributed by atoms with Gasteiger partial charge in [-0.05, 0) is 56.7 Å². The molecule has 2 atom stereocenters. The van der Waals surface area contributed by atoms with Crippen molar-refractivity contribution in [2.24, 2.45) is 17.6 Å². The molecule has 0 spiro atoms. The average Bonchev–Trinajstić information content (AvgIpc) is 2.62. The summed E-state index contributed by atoms with van der Waals surface area (Å²) in [5.41, 5.74) is 7.38. The Labute approximate surface area is 170 Å². The van der Waals surface area contributed by atoms with Crippen LogP contribution in [0.15, 0.2) is 30.3 Å².